The molecule has 0 atom stereocenters. The van der Waals surface area contributed by atoms with Gasteiger partial charge in [-0.2, -0.15) is 0 Å². The summed E-state index contributed by atoms with van der Waals surface area (Å²) in [7, 11) is -0.956. The fourth-order valence-electron chi connectivity index (χ4n) is 3.97. The summed E-state index contributed by atoms with van der Waals surface area (Å²) in [6.07, 6.45) is 2.42. The van der Waals surface area contributed by atoms with Gasteiger partial charge in [0.25, 0.3) is 0 Å². The molecule has 0 saturated heterocycles. The molecule has 0 aliphatic heterocycles. The Morgan fingerprint density at radius 1 is 0.500 bits per heavy atom. The summed E-state index contributed by atoms with van der Waals surface area (Å²) in [4.78, 5) is 0. The quantitative estimate of drug-likeness (QED) is 0.177. The van der Waals surface area contributed by atoms with Crippen LogP contribution in [0.15, 0.2) is 121 Å². The Morgan fingerprint density at radius 3 is 0.969 bits per heavy atom. The van der Waals surface area contributed by atoms with E-state index in [2.05, 4.69) is 128 Å². The van der Waals surface area contributed by atoms with Gasteiger partial charge < -0.3 is 0 Å². The van der Waals surface area contributed by atoms with Gasteiger partial charge in [0.2, 0.25) is 0 Å². The predicted molar refractivity (Wildman–Crippen MR) is 144 cm³/mol. The van der Waals surface area contributed by atoms with Crippen LogP contribution in [0.1, 0.15) is 19.8 Å². The Morgan fingerprint density at radius 2 is 0.750 bits per heavy atom. The molecule has 0 nitrogen and oxygen atoms in total. The van der Waals surface area contributed by atoms with Gasteiger partial charge in [-0.15, -0.1) is 12.4 Å². The zero-order chi connectivity index (χ0) is 20.6. The molecule has 0 bridgehead atoms. The maximum Gasteiger partial charge on any atom is 0.0154 e. The summed E-state index contributed by atoms with van der Waals surface area (Å²) >= 11 is 0. The number of benzene rings is 4. The largest absolute Gasteiger partial charge is 0.147 e. The molecule has 4 aromatic carbocycles. The van der Waals surface area contributed by atoms with Crippen LogP contribution in [0.3, 0.4) is 0 Å². The van der Waals surface area contributed by atoms with Crippen molar-refractivity contribution in [1.29, 1.82) is 0 Å². The number of rotatable bonds is 8. The molecular weight excluding hydrogens is 492 g/mol. The number of halogens is 1. The Bertz CT molecular complexity index is 852. The molecule has 168 valence electrons. The molecule has 0 amide bonds. The number of hydrogen-bond donors (Lipinski definition) is 0. The van der Waals surface area contributed by atoms with E-state index in [1.807, 2.05) is 0 Å². The van der Waals surface area contributed by atoms with Crippen LogP contribution >= 0.6 is 28.3 Å². The van der Waals surface area contributed by atoms with Crippen molar-refractivity contribution in [2.24, 2.45) is 0 Å². The van der Waals surface area contributed by atoms with E-state index in [4.69, 9.17) is 0 Å². The van der Waals surface area contributed by atoms with Crippen molar-refractivity contribution in [3.05, 3.63) is 121 Å². The van der Waals surface area contributed by atoms with Crippen LogP contribution in [0.2, 0.25) is 0 Å². The van der Waals surface area contributed by atoms with Crippen molar-refractivity contribution >= 4 is 49.5 Å². The SMILES string of the molecule is CCCC(P(c1ccccc1)c1ccccc1)P(c1ccccc1)c1ccccc1.Cl.[Ni]. The van der Waals surface area contributed by atoms with Gasteiger partial charge in [0.1, 0.15) is 0 Å². The van der Waals surface area contributed by atoms with E-state index < -0.39 is 15.8 Å². The van der Waals surface area contributed by atoms with E-state index >= 15 is 0 Å². The summed E-state index contributed by atoms with van der Waals surface area (Å²) in [5.41, 5.74) is 0. The second kappa shape index (κ2) is 13.9. The van der Waals surface area contributed by atoms with Gasteiger partial charge in [0.15, 0.2) is 0 Å². The summed E-state index contributed by atoms with van der Waals surface area (Å²) in [5.74, 6) is 0. The molecule has 0 spiro atoms. The molecule has 32 heavy (non-hydrogen) atoms. The number of hydrogen-bond acceptors (Lipinski definition) is 0. The smallest absolute Gasteiger partial charge is 0.0154 e. The minimum absolute atomic E-state index is 0. The van der Waals surface area contributed by atoms with E-state index in [0.717, 1.165) is 0 Å². The monoisotopic (exact) mass is 520 g/mol. The molecule has 0 N–H and O–H groups in total. The molecule has 0 saturated carbocycles. The summed E-state index contributed by atoms with van der Waals surface area (Å²) in [5, 5.41) is 6.52. The van der Waals surface area contributed by atoms with Crippen LogP contribution in [0, 0.1) is 0 Å². The Labute approximate surface area is 211 Å². The Kier molecular flexibility index (Phi) is 11.7. The van der Waals surface area contributed by atoms with Crippen molar-refractivity contribution in [2.75, 3.05) is 0 Å². The zero-order valence-corrected chi connectivity index (χ0v) is 21.8. The molecule has 0 aliphatic carbocycles. The molecule has 0 fully saturated rings. The van der Waals surface area contributed by atoms with E-state index in [9.17, 15) is 0 Å². The zero-order valence-electron chi connectivity index (χ0n) is 18.2. The van der Waals surface area contributed by atoms with Crippen molar-refractivity contribution in [3.8, 4) is 0 Å². The van der Waals surface area contributed by atoms with Gasteiger partial charge in [-0.3, -0.25) is 0 Å². The first-order valence-electron chi connectivity index (χ1n) is 10.7. The third kappa shape index (κ3) is 6.53. The molecular formula is C28H29ClNiP2. The normalized spacial score (nSPS) is 10.6. The molecule has 0 aliphatic rings. The fraction of sp³-hybridized carbons (Fsp3) is 0.143. The van der Waals surface area contributed by atoms with Gasteiger partial charge in [0.05, 0.1) is 0 Å². The summed E-state index contributed by atoms with van der Waals surface area (Å²) in [6, 6.07) is 44.8. The van der Waals surface area contributed by atoms with Gasteiger partial charge in [-0.1, -0.05) is 135 Å². The minimum atomic E-state index is -0.478. The van der Waals surface area contributed by atoms with Gasteiger partial charge in [-0.05, 0) is 43.5 Å². The fourth-order valence-corrected chi connectivity index (χ4v) is 11.5. The van der Waals surface area contributed by atoms with E-state index in [1.165, 1.54) is 34.1 Å². The average molecular weight is 522 g/mol. The molecule has 0 unspecified atom stereocenters. The molecule has 0 aromatic heterocycles. The van der Waals surface area contributed by atoms with Crippen molar-refractivity contribution < 1.29 is 16.5 Å². The van der Waals surface area contributed by atoms with E-state index in [-0.39, 0.29) is 28.9 Å². The third-order valence-electron chi connectivity index (χ3n) is 5.28. The molecule has 0 radical (unpaired) electrons. The van der Waals surface area contributed by atoms with Crippen molar-refractivity contribution in [1.82, 2.24) is 0 Å². The molecule has 4 aromatic rings. The molecule has 4 rings (SSSR count). The maximum atomic E-state index is 2.34. The van der Waals surface area contributed by atoms with E-state index in [0.29, 0.717) is 5.40 Å². The van der Waals surface area contributed by atoms with Gasteiger partial charge >= 0.3 is 0 Å². The Balaban J connectivity index is 0.00000181. The first kappa shape index (κ1) is 26.8. The standard InChI is InChI=1S/C28H28P2.ClH.Ni/c1-2-15-28(29(24-16-7-3-8-17-24)25-18-9-4-10-19-25)30(26-20-11-5-12-21-26)27-22-13-6-14-23-27;;/h3-14,16-23,28H,2,15H2,1H3;1H;. The first-order chi connectivity index (χ1) is 14.9. The minimum Gasteiger partial charge on any atom is -0.147 e. The summed E-state index contributed by atoms with van der Waals surface area (Å²) in [6.45, 7) is 2.33. The van der Waals surface area contributed by atoms with Crippen LogP contribution in [0.4, 0.5) is 0 Å². The van der Waals surface area contributed by atoms with Crippen LogP contribution in [-0.2, 0) is 16.5 Å². The second-order valence-corrected chi connectivity index (χ2v) is 12.6. The van der Waals surface area contributed by atoms with Gasteiger partial charge in [-0.25, -0.2) is 0 Å². The second-order valence-electron chi connectivity index (χ2n) is 7.35. The third-order valence-corrected chi connectivity index (χ3v) is 11.8. The van der Waals surface area contributed by atoms with Crippen molar-refractivity contribution in [2.45, 2.75) is 25.2 Å². The molecule has 4 heteroatoms. The van der Waals surface area contributed by atoms with E-state index in [1.54, 1.807) is 0 Å². The topological polar surface area (TPSA) is 0 Å². The van der Waals surface area contributed by atoms with Crippen LogP contribution in [0.5, 0.6) is 0 Å². The van der Waals surface area contributed by atoms with Crippen LogP contribution in [0.25, 0.3) is 0 Å². The van der Waals surface area contributed by atoms with Crippen LogP contribution < -0.4 is 21.2 Å². The average Bonchev–Trinajstić information content (AvgIpc) is 2.82. The van der Waals surface area contributed by atoms with Crippen LogP contribution in [-0.4, -0.2) is 5.40 Å². The summed E-state index contributed by atoms with van der Waals surface area (Å²) < 4.78 is 0. The van der Waals surface area contributed by atoms with Crippen molar-refractivity contribution in [3.63, 3.8) is 0 Å². The predicted octanol–water partition coefficient (Wildman–Crippen LogP) is 6.80. The Hall–Kier alpha value is -1.48. The van der Waals surface area contributed by atoms with Gasteiger partial charge in [0, 0.05) is 21.9 Å². The first-order valence-corrected chi connectivity index (χ1v) is 13.5. The maximum absolute atomic E-state index is 2.34. The molecule has 0 heterocycles.